The lowest BCUT2D eigenvalue weighted by Gasteiger charge is -2.13. The van der Waals surface area contributed by atoms with Crippen molar-refractivity contribution < 1.29 is 23.9 Å². The maximum atomic E-state index is 12.6. The van der Waals surface area contributed by atoms with Crippen LogP contribution in [-0.4, -0.2) is 31.5 Å². The molecule has 0 aliphatic rings. The van der Waals surface area contributed by atoms with Crippen molar-refractivity contribution in [3.63, 3.8) is 0 Å². The summed E-state index contributed by atoms with van der Waals surface area (Å²) in [6.45, 7) is 1.98. The van der Waals surface area contributed by atoms with Crippen molar-refractivity contribution in [2.24, 2.45) is 0 Å². The highest BCUT2D eigenvalue weighted by Gasteiger charge is 2.15. The molecule has 2 aromatic carbocycles. The smallest absolute Gasteiger partial charge is 0.306 e. The molecule has 7 heteroatoms. The molecule has 2 rings (SSSR count). The zero-order valence-electron chi connectivity index (χ0n) is 15.3. The Hall–Kier alpha value is -3.35. The summed E-state index contributed by atoms with van der Waals surface area (Å²) in [7, 11) is 1.49. The first-order valence-electron chi connectivity index (χ1n) is 8.54. The summed E-state index contributed by atoms with van der Waals surface area (Å²) < 4.78 is 10.0. The first-order valence-corrected chi connectivity index (χ1v) is 8.54. The monoisotopic (exact) mass is 370 g/mol. The lowest BCUT2D eigenvalue weighted by atomic mass is 10.1. The van der Waals surface area contributed by atoms with E-state index >= 15 is 0 Å². The number of carbonyl (C=O) groups is 3. The van der Waals surface area contributed by atoms with Gasteiger partial charge in [0.25, 0.3) is 5.91 Å². The Bertz CT molecular complexity index is 820. The van der Waals surface area contributed by atoms with Gasteiger partial charge in [0.15, 0.2) is 0 Å². The van der Waals surface area contributed by atoms with Crippen LogP contribution in [0.3, 0.4) is 0 Å². The van der Waals surface area contributed by atoms with E-state index in [1.807, 2.05) is 0 Å². The maximum Gasteiger partial charge on any atom is 0.306 e. The highest BCUT2D eigenvalue weighted by Crippen LogP contribution is 2.24. The molecule has 0 radical (unpaired) electrons. The minimum absolute atomic E-state index is 0.00455. The Morgan fingerprint density at radius 3 is 2.19 bits per heavy atom. The van der Waals surface area contributed by atoms with Crippen molar-refractivity contribution in [3.05, 3.63) is 54.1 Å². The summed E-state index contributed by atoms with van der Waals surface area (Å²) >= 11 is 0. The first-order chi connectivity index (χ1) is 13.0. The summed E-state index contributed by atoms with van der Waals surface area (Å²) in [5.41, 5.74) is 1.26. The van der Waals surface area contributed by atoms with Crippen molar-refractivity contribution >= 4 is 29.2 Å². The number of amides is 2. The summed E-state index contributed by atoms with van der Waals surface area (Å²) in [5.74, 6) is -0.681. The van der Waals surface area contributed by atoms with Gasteiger partial charge >= 0.3 is 5.97 Å². The molecule has 0 spiro atoms. The van der Waals surface area contributed by atoms with Crippen LogP contribution in [0.4, 0.5) is 11.4 Å². The average molecular weight is 370 g/mol. The maximum absolute atomic E-state index is 12.6. The molecule has 0 heterocycles. The number of esters is 1. The second-order valence-corrected chi connectivity index (χ2v) is 5.55. The molecule has 0 aromatic heterocycles. The molecule has 0 saturated carbocycles. The van der Waals surface area contributed by atoms with Crippen LogP contribution in [0, 0.1) is 0 Å². The Morgan fingerprint density at radius 1 is 0.889 bits per heavy atom. The van der Waals surface area contributed by atoms with Crippen molar-refractivity contribution in [2.75, 3.05) is 24.4 Å². The van der Waals surface area contributed by atoms with Gasteiger partial charge in [0.05, 0.1) is 37.1 Å². The fourth-order valence-corrected chi connectivity index (χ4v) is 2.38. The molecule has 0 aliphatic carbocycles. The number of rotatable bonds is 8. The lowest BCUT2D eigenvalue weighted by molar-refractivity contribution is -0.144. The van der Waals surface area contributed by atoms with E-state index in [0.717, 1.165) is 0 Å². The molecular formula is C20H22N2O5. The quantitative estimate of drug-likeness (QED) is 0.696. The molecule has 0 atom stereocenters. The first kappa shape index (κ1) is 20.0. The molecular weight excluding hydrogens is 348 g/mol. The highest BCUT2D eigenvalue weighted by atomic mass is 16.5. The van der Waals surface area contributed by atoms with Gasteiger partial charge in [-0.1, -0.05) is 24.3 Å². The third kappa shape index (κ3) is 5.85. The molecule has 27 heavy (non-hydrogen) atoms. The van der Waals surface area contributed by atoms with E-state index in [4.69, 9.17) is 9.47 Å². The number of benzene rings is 2. The molecule has 0 saturated heterocycles. The van der Waals surface area contributed by atoms with Crippen LogP contribution in [0.25, 0.3) is 0 Å². The number of hydrogen-bond donors (Lipinski definition) is 2. The van der Waals surface area contributed by atoms with Crippen LogP contribution in [0.15, 0.2) is 48.5 Å². The van der Waals surface area contributed by atoms with Crippen molar-refractivity contribution in [3.8, 4) is 5.75 Å². The number of methoxy groups -OCH3 is 1. The SMILES string of the molecule is CCOC(=O)CCC(=O)Nc1ccccc1NC(=O)c1ccccc1OC. The normalized spacial score (nSPS) is 10.0. The van der Waals surface area contributed by atoms with Crippen LogP contribution in [0.2, 0.25) is 0 Å². The molecule has 2 amide bonds. The molecule has 2 N–H and O–H groups in total. The minimum atomic E-state index is -0.426. The Morgan fingerprint density at radius 2 is 1.52 bits per heavy atom. The highest BCUT2D eigenvalue weighted by molar-refractivity contribution is 6.08. The van der Waals surface area contributed by atoms with E-state index < -0.39 is 5.97 Å². The summed E-state index contributed by atoms with van der Waals surface area (Å²) in [6.07, 6.45) is -0.0109. The van der Waals surface area contributed by atoms with Crippen LogP contribution in [0.5, 0.6) is 5.75 Å². The summed E-state index contributed by atoms with van der Waals surface area (Å²) in [4.78, 5) is 36.0. The molecule has 0 unspecified atom stereocenters. The van der Waals surface area contributed by atoms with Gasteiger partial charge in [-0.25, -0.2) is 0 Å². The van der Waals surface area contributed by atoms with Crippen LogP contribution >= 0.6 is 0 Å². The molecule has 0 bridgehead atoms. The molecule has 7 nitrogen and oxygen atoms in total. The van der Waals surface area contributed by atoms with Gasteiger partial charge in [-0.3, -0.25) is 14.4 Å². The zero-order chi connectivity index (χ0) is 19.6. The summed E-state index contributed by atoms with van der Waals surface area (Å²) in [5, 5.41) is 5.47. The zero-order valence-corrected chi connectivity index (χ0v) is 15.3. The average Bonchev–Trinajstić information content (AvgIpc) is 2.68. The number of carbonyl (C=O) groups excluding carboxylic acids is 3. The van der Waals surface area contributed by atoms with E-state index in [0.29, 0.717) is 22.7 Å². The second kappa shape index (κ2) is 9.96. The fourth-order valence-electron chi connectivity index (χ4n) is 2.38. The second-order valence-electron chi connectivity index (χ2n) is 5.55. The van der Waals surface area contributed by atoms with E-state index in [1.54, 1.807) is 55.5 Å². The van der Waals surface area contributed by atoms with E-state index in [2.05, 4.69) is 10.6 Å². The van der Waals surface area contributed by atoms with Gasteiger partial charge in [0.2, 0.25) is 5.91 Å². The third-order valence-electron chi connectivity index (χ3n) is 3.66. The van der Waals surface area contributed by atoms with Gasteiger partial charge in [0, 0.05) is 6.42 Å². The number of para-hydroxylation sites is 3. The molecule has 2 aromatic rings. The van der Waals surface area contributed by atoms with Gasteiger partial charge in [-0.05, 0) is 31.2 Å². The molecule has 142 valence electrons. The number of nitrogens with one attached hydrogen (secondary N) is 2. The van der Waals surface area contributed by atoms with E-state index in [-0.39, 0.29) is 31.3 Å². The van der Waals surface area contributed by atoms with Gasteiger partial charge in [-0.15, -0.1) is 0 Å². The molecule has 0 aliphatic heterocycles. The standard InChI is InChI=1S/C20H22N2O5/c1-3-27-19(24)13-12-18(23)21-15-9-5-6-10-16(15)22-20(25)14-8-4-7-11-17(14)26-2/h4-11H,3,12-13H2,1-2H3,(H,21,23)(H,22,25). The van der Waals surface area contributed by atoms with Crippen LogP contribution in [0.1, 0.15) is 30.1 Å². The minimum Gasteiger partial charge on any atom is -0.496 e. The Balaban J connectivity index is 2.06. The predicted octanol–water partition coefficient (Wildman–Crippen LogP) is 3.23. The number of hydrogen-bond acceptors (Lipinski definition) is 5. The van der Waals surface area contributed by atoms with Crippen molar-refractivity contribution in [1.29, 1.82) is 0 Å². The Kier molecular flexibility index (Phi) is 7.37. The van der Waals surface area contributed by atoms with Crippen LogP contribution < -0.4 is 15.4 Å². The van der Waals surface area contributed by atoms with Gasteiger partial charge < -0.3 is 20.1 Å². The number of ether oxygens (including phenoxy) is 2. The van der Waals surface area contributed by atoms with E-state index in [9.17, 15) is 14.4 Å². The third-order valence-corrected chi connectivity index (χ3v) is 3.66. The Labute approximate surface area is 157 Å². The van der Waals surface area contributed by atoms with Crippen LogP contribution in [-0.2, 0) is 14.3 Å². The van der Waals surface area contributed by atoms with Crippen molar-refractivity contribution in [2.45, 2.75) is 19.8 Å². The fraction of sp³-hybridized carbons (Fsp3) is 0.250. The van der Waals surface area contributed by atoms with E-state index in [1.165, 1.54) is 7.11 Å². The number of anilines is 2. The lowest BCUT2D eigenvalue weighted by Crippen LogP contribution is -2.18. The summed E-state index contributed by atoms with van der Waals surface area (Å²) in [6, 6.07) is 13.7. The predicted molar refractivity (Wildman–Crippen MR) is 102 cm³/mol. The molecule has 0 fully saturated rings. The topological polar surface area (TPSA) is 93.7 Å². The van der Waals surface area contributed by atoms with Crippen molar-refractivity contribution in [1.82, 2.24) is 0 Å². The van der Waals surface area contributed by atoms with Gasteiger partial charge in [0.1, 0.15) is 5.75 Å². The van der Waals surface area contributed by atoms with Gasteiger partial charge in [-0.2, -0.15) is 0 Å². The largest absolute Gasteiger partial charge is 0.496 e.